The van der Waals surface area contributed by atoms with E-state index in [4.69, 9.17) is 55.9 Å². The molecule has 0 bridgehead atoms. The van der Waals surface area contributed by atoms with Crippen molar-refractivity contribution in [2.24, 2.45) is 11.8 Å². The average Bonchev–Trinajstić information content (AvgIpc) is 4.53. The highest BCUT2D eigenvalue weighted by Crippen LogP contribution is 2.48. The van der Waals surface area contributed by atoms with Crippen LogP contribution in [0.25, 0.3) is 0 Å². The number of carbonyl (C=O) groups is 4. The number of ether oxygens (including phenoxy) is 2. The molecule has 2 N–H and O–H groups in total. The number of amides is 2. The van der Waals surface area contributed by atoms with Crippen LogP contribution < -0.4 is 9.47 Å². The highest BCUT2D eigenvalue weighted by atomic mass is 35.5. The van der Waals surface area contributed by atoms with Gasteiger partial charge >= 0.3 is 24.3 Å². The van der Waals surface area contributed by atoms with E-state index in [-0.39, 0.29) is 130 Å². The van der Waals surface area contributed by atoms with Gasteiger partial charge in [0.1, 0.15) is 59.6 Å². The maximum Gasteiger partial charge on any atom is 0.408 e. The van der Waals surface area contributed by atoms with Gasteiger partial charge in [-0.1, -0.05) is 46.4 Å². The first-order valence-electron chi connectivity index (χ1n) is 27.4. The average molecular weight is 1270 g/mol. The van der Waals surface area contributed by atoms with Crippen LogP contribution in [0, 0.1) is 23.5 Å². The third-order valence-corrected chi connectivity index (χ3v) is 17.2. The smallest absolute Gasteiger partial charge is 0.408 e. The van der Waals surface area contributed by atoms with Crippen molar-refractivity contribution in [3.05, 3.63) is 126 Å². The second-order valence-electron chi connectivity index (χ2n) is 22.5. The van der Waals surface area contributed by atoms with Crippen LogP contribution in [-0.4, -0.2) is 143 Å². The zero-order valence-electron chi connectivity index (χ0n) is 44.7. The zero-order valence-corrected chi connectivity index (χ0v) is 47.7. The molecule has 2 amide bonds. The van der Waals surface area contributed by atoms with Crippen LogP contribution in [0.3, 0.4) is 0 Å². The van der Waals surface area contributed by atoms with Crippen molar-refractivity contribution in [1.82, 2.24) is 19.6 Å². The number of rotatable bonds is 16. The van der Waals surface area contributed by atoms with Crippen LogP contribution in [0.4, 0.5) is 43.9 Å². The zero-order chi connectivity index (χ0) is 60.7. The van der Waals surface area contributed by atoms with Crippen molar-refractivity contribution >= 4 is 70.2 Å². The molecule has 4 aliphatic heterocycles. The van der Waals surface area contributed by atoms with E-state index in [0.717, 1.165) is 47.6 Å². The molecule has 2 aliphatic carbocycles. The van der Waals surface area contributed by atoms with E-state index in [1.54, 1.807) is 0 Å². The van der Waals surface area contributed by atoms with Gasteiger partial charge in [-0.25, -0.2) is 27.2 Å². The van der Waals surface area contributed by atoms with Gasteiger partial charge in [0.25, 0.3) is 11.8 Å². The van der Waals surface area contributed by atoms with E-state index in [2.05, 4.69) is 0 Å². The quantitative estimate of drug-likeness (QED) is 0.104. The Morgan fingerprint density at radius 3 is 1.12 bits per heavy atom. The Labute approximate surface area is 496 Å². The monoisotopic (exact) mass is 1270 g/mol. The molecular formula is C58H58Cl4F10N4O8. The number of halogens is 14. The van der Waals surface area contributed by atoms with Gasteiger partial charge in [-0.15, -0.1) is 0 Å². The van der Waals surface area contributed by atoms with Gasteiger partial charge in [-0.05, 0) is 172 Å². The Kier molecular flexibility index (Phi) is 19.6. The van der Waals surface area contributed by atoms with Crippen molar-refractivity contribution in [3.8, 4) is 11.5 Å². The Hall–Kier alpha value is -5.26. The Morgan fingerprint density at radius 1 is 0.512 bits per heavy atom. The number of hydrogen-bond donors (Lipinski definition) is 2. The molecule has 0 aromatic heterocycles. The maximum absolute atomic E-state index is 15.2. The molecule has 6 atom stereocenters. The lowest BCUT2D eigenvalue weighted by molar-refractivity contribution is -0.190. The molecule has 4 aromatic carbocycles. The van der Waals surface area contributed by atoms with Crippen LogP contribution in [-0.2, 0) is 9.59 Å². The van der Waals surface area contributed by atoms with E-state index in [1.165, 1.54) is 58.3 Å². The molecular weight excluding hydrogens is 1210 g/mol. The minimum atomic E-state index is -4.54. The second-order valence-corrected chi connectivity index (χ2v) is 24.2. The summed E-state index contributed by atoms with van der Waals surface area (Å²) in [5.41, 5.74) is 0.485. The number of benzene rings is 4. The summed E-state index contributed by atoms with van der Waals surface area (Å²) in [5, 5.41) is 19.2. The third kappa shape index (κ3) is 15.1. The molecule has 4 heterocycles. The number of hydrogen-bond acceptors (Lipinski definition) is 8. The van der Waals surface area contributed by atoms with E-state index >= 15 is 8.78 Å². The lowest BCUT2D eigenvalue weighted by Crippen LogP contribution is -2.44. The summed E-state index contributed by atoms with van der Waals surface area (Å²) in [6.45, 7) is 0.0411. The van der Waals surface area contributed by atoms with Crippen molar-refractivity contribution in [2.45, 2.75) is 125 Å². The standard InChI is InChI=1S/2C29H29Cl2F5N2O4/c2*30-18-7-17(8-19(31)9-18)26(29(34,35)36)37-5-3-15(4-6-37)14-42-25-12-23(33)22(11-21(25)16-1-2-16)27(39)38-13-20(32)10-24(38)28(40)41/h2*7-9,11-12,15-16,20,24,26H,1-6,10,13-14H2,(H,40,41)/t20-,24+,26+;20-,24+,26-/m11/s1. The number of piperidine rings is 2. The first-order valence-corrected chi connectivity index (χ1v) is 29.0. The van der Waals surface area contributed by atoms with E-state index in [9.17, 15) is 64.5 Å². The summed E-state index contributed by atoms with van der Waals surface area (Å²) in [4.78, 5) is 53.5. The highest BCUT2D eigenvalue weighted by Gasteiger charge is 2.48. The summed E-state index contributed by atoms with van der Waals surface area (Å²) < 4.78 is 155. The van der Waals surface area contributed by atoms with E-state index in [0.29, 0.717) is 36.8 Å². The summed E-state index contributed by atoms with van der Waals surface area (Å²) in [7, 11) is 0. The molecule has 4 saturated heterocycles. The number of nitrogens with zero attached hydrogens (tertiary/aromatic N) is 4. The van der Waals surface area contributed by atoms with Gasteiger partial charge in [-0.3, -0.25) is 19.4 Å². The van der Waals surface area contributed by atoms with Crippen molar-refractivity contribution < 1.29 is 82.8 Å². The fourth-order valence-electron chi connectivity index (χ4n) is 11.8. The summed E-state index contributed by atoms with van der Waals surface area (Å²) >= 11 is 23.9. The van der Waals surface area contributed by atoms with Gasteiger partial charge in [-0.2, -0.15) is 26.3 Å². The molecule has 6 fully saturated rings. The molecule has 0 unspecified atom stereocenters. The van der Waals surface area contributed by atoms with Crippen LogP contribution in [0.1, 0.15) is 131 Å². The minimum absolute atomic E-state index is 0.0282. The van der Waals surface area contributed by atoms with Gasteiger partial charge in [0, 0.05) is 45.1 Å². The topological polar surface area (TPSA) is 140 Å². The molecule has 84 heavy (non-hydrogen) atoms. The molecule has 4 aromatic rings. The largest absolute Gasteiger partial charge is 0.493 e. The van der Waals surface area contributed by atoms with Crippen LogP contribution in [0.5, 0.6) is 11.5 Å². The van der Waals surface area contributed by atoms with E-state index < -0.39 is 97.3 Å². The summed E-state index contributed by atoms with van der Waals surface area (Å²) in [5.74, 6) is -5.91. The lowest BCUT2D eigenvalue weighted by atomic mass is 9.94. The normalized spacial score (nSPS) is 22.8. The molecule has 6 aliphatic rings. The number of carboxylic acid groups (broad SMARTS) is 2. The van der Waals surface area contributed by atoms with Crippen LogP contribution in [0.2, 0.25) is 20.1 Å². The fraction of sp³-hybridized carbons (Fsp3) is 0.517. The number of alkyl halides is 8. The first kappa shape index (κ1) is 63.2. The molecule has 12 nitrogen and oxygen atoms in total. The lowest BCUT2D eigenvalue weighted by Gasteiger charge is -2.38. The number of carbonyl (C=O) groups excluding carboxylic acids is 2. The predicted octanol–water partition coefficient (Wildman–Crippen LogP) is 14.1. The SMILES string of the molecule is O=C(O)[C@@H]1C[C@@H](F)CN1C(=O)c1cc(C2CC2)c(OCC2CCN([C@@H](c3cc(Cl)cc(Cl)c3)C(F)(F)F)CC2)cc1F.O=C(O)[C@@H]1C[C@@H](F)CN1C(=O)c1cc(C2CC2)c(OCC2CCN([C@H](c3cc(Cl)cc(Cl)c3)C(F)(F)F)CC2)cc1F. The van der Waals surface area contributed by atoms with Gasteiger partial charge in [0.05, 0.1) is 37.4 Å². The number of carboxylic acids is 2. The van der Waals surface area contributed by atoms with Crippen molar-refractivity contribution in [2.75, 3.05) is 52.5 Å². The third-order valence-electron chi connectivity index (χ3n) is 16.3. The maximum atomic E-state index is 15.2. The van der Waals surface area contributed by atoms with E-state index in [1.807, 2.05) is 0 Å². The molecule has 0 radical (unpaired) electrons. The highest BCUT2D eigenvalue weighted by molar-refractivity contribution is 6.35. The molecule has 456 valence electrons. The Bertz CT molecular complexity index is 2860. The second kappa shape index (κ2) is 26.0. The van der Waals surface area contributed by atoms with Crippen molar-refractivity contribution in [3.63, 3.8) is 0 Å². The predicted molar refractivity (Wildman–Crippen MR) is 291 cm³/mol. The fourth-order valence-corrected chi connectivity index (χ4v) is 12.9. The number of likely N-dealkylation sites (tertiary alicyclic amines) is 4. The summed E-state index contributed by atoms with van der Waals surface area (Å²) in [6.07, 6.45) is -7.97. The van der Waals surface area contributed by atoms with Gasteiger partial charge < -0.3 is 29.5 Å². The van der Waals surface area contributed by atoms with Crippen molar-refractivity contribution in [1.29, 1.82) is 0 Å². The minimum Gasteiger partial charge on any atom is -0.493 e. The first-order chi connectivity index (χ1) is 39.6. The summed E-state index contributed by atoms with van der Waals surface area (Å²) in [6, 6.07) is 6.28. The molecule has 2 saturated carbocycles. The van der Waals surface area contributed by atoms with Crippen LogP contribution >= 0.6 is 46.4 Å². The van der Waals surface area contributed by atoms with Gasteiger partial charge in [0.2, 0.25) is 0 Å². The Balaban J connectivity index is 0.000000202. The number of aliphatic carboxylic acids is 2. The Morgan fingerprint density at radius 2 is 0.833 bits per heavy atom. The molecule has 26 heteroatoms. The molecule has 10 rings (SSSR count). The van der Waals surface area contributed by atoms with Gasteiger partial charge in [0.15, 0.2) is 0 Å². The molecule has 0 spiro atoms. The van der Waals surface area contributed by atoms with Crippen LogP contribution in [0.15, 0.2) is 60.7 Å².